The molecule has 0 spiro atoms. The molecule has 0 saturated carbocycles. The van der Waals surface area contributed by atoms with Crippen LogP contribution in [0.2, 0.25) is 0 Å². The molecule has 1 fully saturated rings. The van der Waals surface area contributed by atoms with Crippen molar-refractivity contribution in [1.82, 2.24) is 14.8 Å². The highest BCUT2D eigenvalue weighted by molar-refractivity contribution is 5.94. The van der Waals surface area contributed by atoms with Crippen molar-refractivity contribution in [3.8, 4) is 0 Å². The zero-order chi connectivity index (χ0) is 15.2. The fraction of sp³-hybridized carbons (Fsp3) is 0.533. The molecule has 6 nitrogen and oxygen atoms in total. The van der Waals surface area contributed by atoms with Gasteiger partial charge in [-0.2, -0.15) is 0 Å². The maximum atomic E-state index is 12.3. The van der Waals surface area contributed by atoms with E-state index in [0.717, 1.165) is 18.8 Å². The Morgan fingerprint density at radius 3 is 2.52 bits per heavy atom. The molecule has 1 aromatic rings. The Kier molecular flexibility index (Phi) is 5.27. The molecule has 0 aromatic carbocycles. The molecule has 6 heteroatoms. The van der Waals surface area contributed by atoms with Gasteiger partial charge in [0.25, 0.3) is 5.91 Å². The van der Waals surface area contributed by atoms with E-state index in [4.69, 9.17) is 0 Å². The van der Waals surface area contributed by atoms with Gasteiger partial charge in [0.05, 0.1) is 19.1 Å². The van der Waals surface area contributed by atoms with E-state index in [9.17, 15) is 9.59 Å². The summed E-state index contributed by atoms with van der Waals surface area (Å²) in [6.45, 7) is 5.49. The number of aryl methyl sites for hydroxylation is 1. The number of esters is 1. The van der Waals surface area contributed by atoms with E-state index in [1.165, 1.54) is 7.11 Å². The van der Waals surface area contributed by atoms with Crippen LogP contribution >= 0.6 is 0 Å². The number of carbonyl (C=O) groups excluding carboxylic acids is 2. The molecule has 2 rings (SSSR count). The van der Waals surface area contributed by atoms with Crippen LogP contribution in [0.25, 0.3) is 0 Å². The molecule has 1 amide bonds. The highest BCUT2D eigenvalue weighted by Crippen LogP contribution is 2.09. The highest BCUT2D eigenvalue weighted by atomic mass is 16.5. The summed E-state index contributed by atoms with van der Waals surface area (Å²) in [5.41, 5.74) is 1.53. The molecule has 1 saturated heterocycles. The van der Waals surface area contributed by atoms with Gasteiger partial charge in [0.2, 0.25) is 0 Å². The lowest BCUT2D eigenvalue weighted by Gasteiger charge is -2.34. The zero-order valence-corrected chi connectivity index (χ0v) is 12.5. The first-order valence-electron chi connectivity index (χ1n) is 7.11. The van der Waals surface area contributed by atoms with Crippen LogP contribution < -0.4 is 0 Å². The fourth-order valence-corrected chi connectivity index (χ4v) is 2.30. The first-order valence-corrected chi connectivity index (χ1v) is 7.11. The summed E-state index contributed by atoms with van der Waals surface area (Å²) in [4.78, 5) is 31.6. The van der Waals surface area contributed by atoms with E-state index < -0.39 is 0 Å². The summed E-state index contributed by atoms with van der Waals surface area (Å²) in [6.07, 6.45) is 2.02. The van der Waals surface area contributed by atoms with Gasteiger partial charge in [-0.05, 0) is 19.1 Å². The number of rotatable bonds is 4. The molecule has 0 radical (unpaired) electrons. The van der Waals surface area contributed by atoms with Gasteiger partial charge in [-0.25, -0.2) is 0 Å². The van der Waals surface area contributed by atoms with E-state index in [0.29, 0.717) is 31.6 Å². The maximum absolute atomic E-state index is 12.3. The lowest BCUT2D eigenvalue weighted by Crippen LogP contribution is -2.49. The van der Waals surface area contributed by atoms with E-state index >= 15 is 0 Å². The Balaban J connectivity index is 1.82. The number of ether oxygens (including phenoxy) is 1. The smallest absolute Gasteiger partial charge is 0.306 e. The molecule has 1 aromatic heterocycles. The molecule has 0 aliphatic carbocycles. The third kappa shape index (κ3) is 4.26. The van der Waals surface area contributed by atoms with Crippen LogP contribution in [0.3, 0.4) is 0 Å². The Morgan fingerprint density at radius 1 is 1.24 bits per heavy atom. The van der Waals surface area contributed by atoms with Crippen molar-refractivity contribution < 1.29 is 14.3 Å². The molecule has 1 aliphatic rings. The summed E-state index contributed by atoms with van der Waals surface area (Å²) in [7, 11) is 1.40. The van der Waals surface area contributed by atoms with Gasteiger partial charge < -0.3 is 9.64 Å². The van der Waals surface area contributed by atoms with E-state index in [-0.39, 0.29) is 11.9 Å². The summed E-state index contributed by atoms with van der Waals surface area (Å²) < 4.78 is 4.63. The first-order chi connectivity index (χ1) is 10.1. The number of hydrogen-bond donors (Lipinski definition) is 0. The molecule has 0 N–H and O–H groups in total. The number of carbonyl (C=O) groups is 2. The van der Waals surface area contributed by atoms with Crippen LogP contribution in [0.1, 0.15) is 22.5 Å². The number of aromatic nitrogens is 1. The Morgan fingerprint density at radius 2 is 1.95 bits per heavy atom. The fourth-order valence-electron chi connectivity index (χ4n) is 2.30. The third-order valence-corrected chi connectivity index (χ3v) is 3.68. The second-order valence-electron chi connectivity index (χ2n) is 5.15. The number of hydrogen-bond acceptors (Lipinski definition) is 5. The van der Waals surface area contributed by atoms with Crippen molar-refractivity contribution in [3.63, 3.8) is 0 Å². The van der Waals surface area contributed by atoms with Gasteiger partial charge in [0, 0.05) is 44.6 Å². The quantitative estimate of drug-likeness (QED) is 0.765. The van der Waals surface area contributed by atoms with Crippen LogP contribution in [-0.2, 0) is 9.53 Å². The van der Waals surface area contributed by atoms with Crippen molar-refractivity contribution >= 4 is 11.9 Å². The number of piperazine rings is 1. The standard InChI is InChI=1S/C15H21N3O3/c1-12-3-4-13(11-16-12)15(20)18-9-7-17(8-10-18)6-5-14(19)21-2/h3-4,11H,5-10H2,1-2H3. The minimum absolute atomic E-state index is 0.0233. The number of amides is 1. The second kappa shape index (κ2) is 7.17. The second-order valence-corrected chi connectivity index (χ2v) is 5.15. The average molecular weight is 291 g/mol. The van der Waals surface area contributed by atoms with Gasteiger partial charge in [-0.3, -0.25) is 19.5 Å². The lowest BCUT2D eigenvalue weighted by atomic mass is 10.2. The molecule has 21 heavy (non-hydrogen) atoms. The van der Waals surface area contributed by atoms with Crippen molar-refractivity contribution in [2.24, 2.45) is 0 Å². The first kappa shape index (κ1) is 15.4. The molecule has 0 bridgehead atoms. The van der Waals surface area contributed by atoms with Crippen LogP contribution in [0.5, 0.6) is 0 Å². The van der Waals surface area contributed by atoms with Crippen LogP contribution in [0.15, 0.2) is 18.3 Å². The summed E-state index contributed by atoms with van der Waals surface area (Å²) in [5, 5.41) is 0. The van der Waals surface area contributed by atoms with Crippen molar-refractivity contribution in [3.05, 3.63) is 29.6 Å². The number of nitrogens with zero attached hydrogens (tertiary/aromatic N) is 3. The molecule has 114 valence electrons. The Hall–Kier alpha value is -1.95. The molecule has 0 unspecified atom stereocenters. The summed E-state index contributed by atoms with van der Waals surface area (Å²) in [6, 6.07) is 3.66. The van der Waals surface area contributed by atoms with Gasteiger partial charge in [-0.1, -0.05) is 0 Å². The molecule has 2 heterocycles. The maximum Gasteiger partial charge on any atom is 0.306 e. The van der Waals surface area contributed by atoms with E-state index in [2.05, 4.69) is 14.6 Å². The molecule has 0 atom stereocenters. The molecule has 1 aliphatic heterocycles. The van der Waals surface area contributed by atoms with Crippen molar-refractivity contribution in [2.75, 3.05) is 39.8 Å². The monoisotopic (exact) mass is 291 g/mol. The number of methoxy groups -OCH3 is 1. The van der Waals surface area contributed by atoms with Gasteiger partial charge in [0.15, 0.2) is 0 Å². The SMILES string of the molecule is COC(=O)CCN1CCN(C(=O)c2ccc(C)nc2)CC1. The predicted molar refractivity (Wildman–Crippen MR) is 78.0 cm³/mol. The van der Waals surface area contributed by atoms with Gasteiger partial charge in [0.1, 0.15) is 0 Å². The highest BCUT2D eigenvalue weighted by Gasteiger charge is 2.22. The minimum atomic E-state index is -0.195. The van der Waals surface area contributed by atoms with E-state index in [1.807, 2.05) is 24.0 Å². The normalized spacial score (nSPS) is 15.8. The molecular formula is C15H21N3O3. The Labute approximate surface area is 124 Å². The summed E-state index contributed by atoms with van der Waals surface area (Å²) in [5.74, 6) is -0.172. The number of pyridine rings is 1. The molecular weight excluding hydrogens is 270 g/mol. The zero-order valence-electron chi connectivity index (χ0n) is 12.5. The van der Waals surface area contributed by atoms with Gasteiger partial charge >= 0.3 is 5.97 Å². The largest absolute Gasteiger partial charge is 0.469 e. The topological polar surface area (TPSA) is 62.7 Å². The third-order valence-electron chi connectivity index (χ3n) is 3.68. The average Bonchev–Trinajstić information content (AvgIpc) is 2.53. The van der Waals surface area contributed by atoms with Crippen LogP contribution in [0.4, 0.5) is 0 Å². The van der Waals surface area contributed by atoms with Crippen LogP contribution in [0, 0.1) is 6.92 Å². The van der Waals surface area contributed by atoms with Crippen LogP contribution in [-0.4, -0.2) is 66.5 Å². The lowest BCUT2D eigenvalue weighted by molar-refractivity contribution is -0.141. The van der Waals surface area contributed by atoms with E-state index in [1.54, 1.807) is 6.20 Å². The minimum Gasteiger partial charge on any atom is -0.469 e. The predicted octanol–water partition coefficient (Wildman–Crippen LogP) is 0.711. The van der Waals surface area contributed by atoms with Gasteiger partial charge in [-0.15, -0.1) is 0 Å². The van der Waals surface area contributed by atoms with Crippen molar-refractivity contribution in [1.29, 1.82) is 0 Å². The summed E-state index contributed by atoms with van der Waals surface area (Å²) >= 11 is 0. The Bertz CT molecular complexity index is 493. The van der Waals surface area contributed by atoms with Crippen molar-refractivity contribution in [2.45, 2.75) is 13.3 Å².